The van der Waals surface area contributed by atoms with Gasteiger partial charge >= 0.3 is 12.1 Å². The Morgan fingerprint density at radius 3 is 2.31 bits per heavy atom. The highest BCUT2D eigenvalue weighted by Crippen LogP contribution is 2.11. The Morgan fingerprint density at radius 2 is 1.94 bits per heavy atom. The number of rotatable bonds is 5. The van der Waals surface area contributed by atoms with Crippen LogP contribution in [0, 0.1) is 0 Å². The Labute approximate surface area is 96.2 Å². The molecule has 0 aliphatic rings. The van der Waals surface area contributed by atoms with Crippen molar-refractivity contribution in [3.63, 3.8) is 0 Å². The molecule has 0 heterocycles. The van der Waals surface area contributed by atoms with Crippen LogP contribution >= 0.6 is 0 Å². The lowest BCUT2D eigenvalue weighted by atomic mass is 10.1. The Balaban J connectivity index is 4.37. The van der Waals surface area contributed by atoms with E-state index in [9.17, 15) is 9.59 Å². The van der Waals surface area contributed by atoms with Crippen LogP contribution in [0.1, 0.15) is 47.0 Å². The third kappa shape index (κ3) is 7.09. The molecule has 5 heteroatoms. The minimum atomic E-state index is -1.20. The van der Waals surface area contributed by atoms with Gasteiger partial charge in [0.1, 0.15) is 11.6 Å². The van der Waals surface area contributed by atoms with Crippen LogP contribution in [0.25, 0.3) is 0 Å². The number of ether oxygens (including phenoxy) is 1. The van der Waals surface area contributed by atoms with Crippen LogP contribution in [0.5, 0.6) is 0 Å². The van der Waals surface area contributed by atoms with Gasteiger partial charge in [-0.1, -0.05) is 19.8 Å². The van der Waals surface area contributed by atoms with Crippen LogP contribution in [-0.2, 0) is 9.53 Å². The highest BCUT2D eigenvalue weighted by molar-refractivity contribution is 5.80. The van der Waals surface area contributed by atoms with Gasteiger partial charge in [-0.05, 0) is 27.2 Å². The van der Waals surface area contributed by atoms with Gasteiger partial charge in [0, 0.05) is 0 Å². The fourth-order valence-corrected chi connectivity index (χ4v) is 1.18. The van der Waals surface area contributed by atoms with E-state index in [-0.39, 0.29) is 0 Å². The quantitative estimate of drug-likeness (QED) is 0.711. The summed E-state index contributed by atoms with van der Waals surface area (Å²) >= 11 is 0. The summed E-state index contributed by atoms with van der Waals surface area (Å²) in [6.45, 7) is 7.24. The molecule has 0 aromatic rings. The summed E-state index contributed by atoms with van der Waals surface area (Å²) in [5.74, 6) is -0.511. The highest BCUT2D eigenvalue weighted by Gasteiger charge is 2.25. The molecule has 0 saturated heterocycles. The molecule has 0 unspecified atom stereocenters. The Morgan fingerprint density at radius 1 is 1.38 bits per heavy atom. The minimum absolute atomic E-state index is 0.470. The van der Waals surface area contributed by atoms with E-state index in [0.717, 1.165) is 12.8 Å². The summed E-state index contributed by atoms with van der Waals surface area (Å²) in [4.78, 5) is 22.2. The van der Waals surface area contributed by atoms with Crippen LogP contribution in [-0.4, -0.2) is 28.8 Å². The summed E-state index contributed by atoms with van der Waals surface area (Å²) < 4.78 is 5.13. The third-order valence-electron chi connectivity index (χ3n) is 1.84. The molecule has 0 radical (unpaired) electrons. The zero-order chi connectivity index (χ0) is 12.8. The lowest BCUT2D eigenvalue weighted by Crippen LogP contribution is -2.43. The molecule has 0 fully saturated rings. The first-order valence-corrected chi connectivity index (χ1v) is 5.48. The lowest BCUT2D eigenvalue weighted by Gasteiger charge is -2.23. The van der Waals surface area contributed by atoms with Gasteiger partial charge in [-0.3, -0.25) is 0 Å². The molecule has 94 valence electrons. The van der Waals surface area contributed by atoms with Gasteiger partial charge in [0.2, 0.25) is 0 Å². The van der Waals surface area contributed by atoms with E-state index < -0.39 is 23.7 Å². The van der Waals surface area contributed by atoms with Crippen molar-refractivity contribution in [3.05, 3.63) is 0 Å². The number of nitrogens with one attached hydrogen (secondary N) is 1. The molecule has 0 aliphatic carbocycles. The van der Waals surface area contributed by atoms with Gasteiger partial charge in [-0.25, -0.2) is 9.59 Å². The van der Waals surface area contributed by atoms with Crippen LogP contribution in [0.2, 0.25) is 0 Å². The largest absolute Gasteiger partial charge is 0.465 e. The van der Waals surface area contributed by atoms with Crippen molar-refractivity contribution in [1.29, 1.82) is 0 Å². The second-order valence-electron chi connectivity index (χ2n) is 4.68. The predicted molar refractivity (Wildman–Crippen MR) is 60.3 cm³/mol. The molecule has 0 rings (SSSR count). The Kier molecular flexibility index (Phi) is 5.85. The SMILES string of the molecule is CCCC[C@H](NC(=O)O)C(=O)OC(C)(C)C. The van der Waals surface area contributed by atoms with Crippen molar-refractivity contribution in [3.8, 4) is 0 Å². The van der Waals surface area contributed by atoms with Gasteiger partial charge < -0.3 is 15.2 Å². The second-order valence-corrected chi connectivity index (χ2v) is 4.68. The molecule has 1 atom stereocenters. The van der Waals surface area contributed by atoms with E-state index in [0.29, 0.717) is 6.42 Å². The average molecular weight is 231 g/mol. The van der Waals surface area contributed by atoms with Crippen LogP contribution in [0.4, 0.5) is 4.79 Å². The maximum Gasteiger partial charge on any atom is 0.405 e. The number of unbranched alkanes of at least 4 members (excludes halogenated alkanes) is 1. The first-order chi connectivity index (χ1) is 7.26. The molecule has 0 aromatic carbocycles. The maximum atomic E-state index is 11.7. The van der Waals surface area contributed by atoms with Crippen LogP contribution < -0.4 is 5.32 Å². The second kappa shape index (κ2) is 6.35. The smallest absolute Gasteiger partial charge is 0.405 e. The van der Waals surface area contributed by atoms with Gasteiger partial charge in [0.25, 0.3) is 0 Å². The molecular weight excluding hydrogens is 210 g/mol. The zero-order valence-electron chi connectivity index (χ0n) is 10.4. The zero-order valence-corrected chi connectivity index (χ0v) is 10.4. The van der Waals surface area contributed by atoms with Crippen molar-refractivity contribution in [1.82, 2.24) is 5.32 Å². The molecule has 0 spiro atoms. The topological polar surface area (TPSA) is 75.6 Å². The van der Waals surface area contributed by atoms with Gasteiger partial charge in [-0.2, -0.15) is 0 Å². The summed E-state index contributed by atoms with van der Waals surface area (Å²) in [7, 11) is 0. The molecule has 16 heavy (non-hydrogen) atoms. The summed E-state index contributed by atoms with van der Waals surface area (Å²) in [5, 5.41) is 10.8. The third-order valence-corrected chi connectivity index (χ3v) is 1.84. The number of hydrogen-bond donors (Lipinski definition) is 2. The molecular formula is C11H21NO4. The number of carbonyl (C=O) groups is 2. The molecule has 0 aromatic heterocycles. The van der Waals surface area contributed by atoms with Gasteiger partial charge in [-0.15, -0.1) is 0 Å². The maximum absolute atomic E-state index is 11.7. The number of hydrogen-bond acceptors (Lipinski definition) is 3. The number of amides is 1. The van der Waals surface area contributed by atoms with Crippen LogP contribution in [0.15, 0.2) is 0 Å². The van der Waals surface area contributed by atoms with Gasteiger partial charge in [0.05, 0.1) is 0 Å². The van der Waals surface area contributed by atoms with Crippen LogP contribution in [0.3, 0.4) is 0 Å². The average Bonchev–Trinajstić information content (AvgIpc) is 2.08. The first-order valence-electron chi connectivity index (χ1n) is 5.48. The fourth-order valence-electron chi connectivity index (χ4n) is 1.18. The summed E-state index contributed by atoms with van der Waals surface area (Å²) in [6, 6.07) is -0.767. The number of carboxylic acid groups (broad SMARTS) is 1. The normalized spacial score (nSPS) is 13.0. The number of esters is 1. The van der Waals surface area contributed by atoms with Gasteiger partial charge in [0.15, 0.2) is 0 Å². The van der Waals surface area contributed by atoms with Crippen molar-refractivity contribution >= 4 is 12.1 Å². The van der Waals surface area contributed by atoms with Crippen molar-refractivity contribution in [2.24, 2.45) is 0 Å². The standard InChI is InChI=1S/C11H21NO4/c1-5-6-7-8(12-10(14)15)9(13)16-11(2,3)4/h8,12H,5-7H2,1-4H3,(H,14,15)/t8-/m0/s1. The van der Waals surface area contributed by atoms with E-state index in [2.05, 4.69) is 5.32 Å². The van der Waals surface area contributed by atoms with E-state index in [1.54, 1.807) is 20.8 Å². The monoisotopic (exact) mass is 231 g/mol. The van der Waals surface area contributed by atoms with Crippen molar-refractivity contribution in [2.75, 3.05) is 0 Å². The highest BCUT2D eigenvalue weighted by atomic mass is 16.6. The molecule has 0 bridgehead atoms. The molecule has 0 saturated carbocycles. The fraction of sp³-hybridized carbons (Fsp3) is 0.818. The molecule has 0 aliphatic heterocycles. The summed E-state index contributed by atoms with van der Waals surface area (Å²) in [5.41, 5.74) is -0.596. The first kappa shape index (κ1) is 14.7. The Hall–Kier alpha value is -1.26. The Bertz CT molecular complexity index is 245. The van der Waals surface area contributed by atoms with Crippen molar-refractivity contribution in [2.45, 2.75) is 58.6 Å². The van der Waals surface area contributed by atoms with E-state index in [1.807, 2.05) is 6.92 Å². The summed E-state index contributed by atoms with van der Waals surface area (Å²) in [6.07, 6.45) is 0.953. The number of carbonyl (C=O) groups excluding carboxylic acids is 1. The lowest BCUT2D eigenvalue weighted by molar-refractivity contribution is -0.157. The predicted octanol–water partition coefficient (Wildman–Crippen LogP) is 2.15. The molecule has 1 amide bonds. The van der Waals surface area contributed by atoms with E-state index >= 15 is 0 Å². The van der Waals surface area contributed by atoms with Crippen molar-refractivity contribution < 1.29 is 19.4 Å². The van der Waals surface area contributed by atoms with E-state index in [4.69, 9.17) is 9.84 Å². The molecule has 5 nitrogen and oxygen atoms in total. The minimum Gasteiger partial charge on any atom is -0.465 e. The van der Waals surface area contributed by atoms with E-state index in [1.165, 1.54) is 0 Å². The molecule has 2 N–H and O–H groups in total.